The second-order valence-electron chi connectivity index (χ2n) is 4.07. The van der Waals surface area contributed by atoms with Crippen LogP contribution in [-0.2, 0) is 17.4 Å². The normalized spacial score (nSPS) is 12.1. The molecular weight excluding hydrogens is 268 g/mol. The number of hydrogen-bond donors (Lipinski definition) is 2. The van der Waals surface area contributed by atoms with E-state index in [-0.39, 0.29) is 5.95 Å². The summed E-state index contributed by atoms with van der Waals surface area (Å²) in [4.78, 5) is 8.41. The van der Waals surface area contributed by atoms with Crippen molar-refractivity contribution in [2.45, 2.75) is 0 Å². The Morgan fingerprint density at radius 2 is 2.11 bits per heavy atom. The van der Waals surface area contributed by atoms with E-state index in [9.17, 15) is 8.42 Å². The van der Waals surface area contributed by atoms with Crippen LogP contribution in [0, 0.1) is 0 Å². The average Bonchev–Trinajstić information content (AvgIpc) is 2.65. The predicted molar refractivity (Wildman–Crippen MR) is 71.2 cm³/mol. The third kappa shape index (κ3) is 2.00. The van der Waals surface area contributed by atoms with Crippen molar-refractivity contribution in [3.63, 3.8) is 0 Å². The highest BCUT2D eigenvalue weighted by atomic mass is 32.2. The van der Waals surface area contributed by atoms with Crippen LogP contribution in [0.1, 0.15) is 0 Å². The van der Waals surface area contributed by atoms with E-state index < -0.39 is 10.3 Å². The highest BCUT2D eigenvalue weighted by Gasteiger charge is 2.14. The summed E-state index contributed by atoms with van der Waals surface area (Å²) in [6, 6.07) is 7.27. The number of nitrogens with zero attached hydrogens (tertiary/aromatic N) is 3. The van der Waals surface area contributed by atoms with Gasteiger partial charge >= 0.3 is 10.3 Å². The van der Waals surface area contributed by atoms with Crippen molar-refractivity contribution in [2.24, 2.45) is 7.05 Å². The Morgan fingerprint density at radius 1 is 1.32 bits per heavy atom. The molecule has 0 atom stereocenters. The molecule has 0 aliphatic carbocycles. The van der Waals surface area contributed by atoms with Crippen molar-refractivity contribution in [1.29, 1.82) is 0 Å². The Labute approximate surface area is 108 Å². The molecule has 8 heteroatoms. The highest BCUT2D eigenvalue weighted by Crippen LogP contribution is 2.25. The summed E-state index contributed by atoms with van der Waals surface area (Å²) >= 11 is 0. The molecule has 0 unspecified atom stereocenters. The van der Waals surface area contributed by atoms with Crippen molar-refractivity contribution < 1.29 is 13.0 Å². The summed E-state index contributed by atoms with van der Waals surface area (Å²) in [6.45, 7) is 0. The van der Waals surface area contributed by atoms with Crippen LogP contribution in [0.4, 0.5) is 5.95 Å². The number of benzene rings is 1. The summed E-state index contributed by atoms with van der Waals surface area (Å²) in [7, 11) is -2.69. The molecule has 19 heavy (non-hydrogen) atoms. The fraction of sp³-hybridized carbons (Fsp3) is 0.0909. The maximum absolute atomic E-state index is 10.9. The quantitative estimate of drug-likeness (QED) is 0.689. The predicted octanol–water partition coefficient (Wildman–Crippen LogP) is 1.34. The first-order valence-electron chi connectivity index (χ1n) is 5.41. The van der Waals surface area contributed by atoms with Gasteiger partial charge in [-0.1, -0.05) is 0 Å². The van der Waals surface area contributed by atoms with Crippen molar-refractivity contribution in [3.8, 4) is 0 Å². The Morgan fingerprint density at radius 3 is 2.84 bits per heavy atom. The Balaban J connectivity index is 2.33. The van der Waals surface area contributed by atoms with Crippen LogP contribution in [-0.4, -0.2) is 27.5 Å². The first kappa shape index (κ1) is 11.9. The van der Waals surface area contributed by atoms with Gasteiger partial charge in [0.25, 0.3) is 0 Å². The van der Waals surface area contributed by atoms with Crippen molar-refractivity contribution >= 4 is 38.2 Å². The minimum absolute atomic E-state index is 0.0499. The van der Waals surface area contributed by atoms with Crippen molar-refractivity contribution in [1.82, 2.24) is 14.5 Å². The second-order valence-corrected chi connectivity index (χ2v) is 5.23. The van der Waals surface area contributed by atoms with Gasteiger partial charge in [-0.25, -0.2) is 9.71 Å². The molecule has 0 spiro atoms. The van der Waals surface area contributed by atoms with E-state index in [1.807, 2.05) is 16.9 Å². The molecule has 1 aromatic carbocycles. The van der Waals surface area contributed by atoms with Gasteiger partial charge in [-0.3, -0.25) is 9.54 Å². The molecule has 0 saturated heterocycles. The molecule has 2 heterocycles. The van der Waals surface area contributed by atoms with Crippen LogP contribution >= 0.6 is 0 Å². The number of anilines is 1. The van der Waals surface area contributed by atoms with Gasteiger partial charge in [0.2, 0.25) is 5.95 Å². The minimum atomic E-state index is -4.35. The molecule has 7 nitrogen and oxygen atoms in total. The van der Waals surface area contributed by atoms with Gasteiger partial charge in [0, 0.05) is 18.6 Å². The third-order valence-electron chi connectivity index (χ3n) is 2.85. The van der Waals surface area contributed by atoms with Gasteiger partial charge in [-0.15, -0.1) is 0 Å². The van der Waals surface area contributed by atoms with Gasteiger partial charge in [0.05, 0.1) is 11.0 Å². The summed E-state index contributed by atoms with van der Waals surface area (Å²) in [5.41, 5.74) is 2.14. The molecule has 0 radical (unpaired) electrons. The second kappa shape index (κ2) is 3.90. The molecule has 2 N–H and O–H groups in total. The lowest BCUT2D eigenvalue weighted by Crippen LogP contribution is -2.13. The number of imidazole rings is 1. The van der Waals surface area contributed by atoms with E-state index in [1.165, 1.54) is 0 Å². The van der Waals surface area contributed by atoms with Gasteiger partial charge in [-0.05, 0) is 24.3 Å². The van der Waals surface area contributed by atoms with Crippen LogP contribution in [0.15, 0.2) is 30.5 Å². The molecule has 0 saturated carbocycles. The lowest BCUT2D eigenvalue weighted by molar-refractivity contribution is 0.489. The molecule has 0 fully saturated rings. The number of nitrogens with one attached hydrogen (secondary N) is 1. The third-order valence-corrected chi connectivity index (χ3v) is 3.29. The summed E-state index contributed by atoms with van der Waals surface area (Å²) in [5.74, 6) is 0.0499. The van der Waals surface area contributed by atoms with Crippen LogP contribution in [0.3, 0.4) is 0 Å². The molecule has 0 bridgehead atoms. The average molecular weight is 278 g/mol. The lowest BCUT2D eigenvalue weighted by atomic mass is 10.2. The van der Waals surface area contributed by atoms with E-state index in [1.54, 1.807) is 29.9 Å². The van der Waals surface area contributed by atoms with Crippen molar-refractivity contribution in [2.75, 3.05) is 4.72 Å². The van der Waals surface area contributed by atoms with E-state index in [4.69, 9.17) is 4.55 Å². The molecule has 98 valence electrons. The number of pyridine rings is 1. The van der Waals surface area contributed by atoms with E-state index in [2.05, 4.69) is 9.97 Å². The smallest absolute Gasteiger partial charge is 0.312 e. The zero-order valence-electron chi connectivity index (χ0n) is 9.90. The first-order chi connectivity index (χ1) is 8.96. The molecule has 3 rings (SSSR count). The minimum Gasteiger partial charge on any atom is -0.312 e. The number of fused-ring (bicyclic) bond motifs is 3. The topological polar surface area (TPSA) is 97.1 Å². The maximum atomic E-state index is 10.9. The number of aryl methyl sites for hydroxylation is 1. The Bertz CT molecular complexity index is 885. The van der Waals surface area contributed by atoms with Crippen LogP contribution < -0.4 is 4.72 Å². The van der Waals surface area contributed by atoms with Crippen LogP contribution in [0.2, 0.25) is 0 Å². The van der Waals surface area contributed by atoms with Crippen LogP contribution in [0.25, 0.3) is 21.9 Å². The monoisotopic (exact) mass is 278 g/mol. The molecule has 2 aromatic heterocycles. The fourth-order valence-electron chi connectivity index (χ4n) is 2.02. The summed E-state index contributed by atoms with van der Waals surface area (Å²) in [5, 5.41) is 0.819. The highest BCUT2D eigenvalue weighted by molar-refractivity contribution is 7.87. The largest absolute Gasteiger partial charge is 0.359 e. The first-order valence-corrected chi connectivity index (χ1v) is 6.85. The maximum Gasteiger partial charge on any atom is 0.359 e. The van der Waals surface area contributed by atoms with Crippen LogP contribution in [0.5, 0.6) is 0 Å². The molecule has 0 aliphatic heterocycles. The molecule has 3 aromatic rings. The zero-order chi connectivity index (χ0) is 13.6. The van der Waals surface area contributed by atoms with Gasteiger partial charge in [0.15, 0.2) is 0 Å². The Kier molecular flexibility index (Phi) is 2.44. The fourth-order valence-corrected chi connectivity index (χ4v) is 2.43. The molecule has 0 amide bonds. The summed E-state index contributed by atoms with van der Waals surface area (Å²) in [6.07, 6.45) is 1.68. The van der Waals surface area contributed by atoms with Crippen molar-refractivity contribution in [3.05, 3.63) is 30.5 Å². The summed E-state index contributed by atoms with van der Waals surface area (Å²) < 4.78 is 34.1. The SMILES string of the molecule is Cn1c(NS(=O)(=O)O)nc2c3cccnc3ccc21. The number of rotatable bonds is 2. The van der Waals surface area contributed by atoms with E-state index in [0.29, 0.717) is 5.52 Å². The van der Waals surface area contributed by atoms with E-state index in [0.717, 1.165) is 16.4 Å². The Hall–Kier alpha value is -2.19. The standard InChI is InChI=1S/C11H10N4O3S/c1-15-9-5-4-8-7(3-2-6-12-8)10(9)13-11(15)14-19(16,17)18/h2-6H,1H3,(H,13,14)(H,16,17,18). The number of hydrogen-bond acceptors (Lipinski definition) is 4. The lowest BCUT2D eigenvalue weighted by Gasteiger charge is -2.01. The zero-order valence-corrected chi connectivity index (χ0v) is 10.7. The van der Waals surface area contributed by atoms with E-state index >= 15 is 0 Å². The van der Waals surface area contributed by atoms with Gasteiger partial charge < -0.3 is 4.57 Å². The van der Waals surface area contributed by atoms with Gasteiger partial charge in [-0.2, -0.15) is 8.42 Å². The molecule has 0 aliphatic rings. The molecular formula is C11H10N4O3S. The number of aromatic nitrogens is 3. The van der Waals surface area contributed by atoms with Gasteiger partial charge in [0.1, 0.15) is 5.52 Å².